The smallest absolute Gasteiger partial charge is 0.416 e. The van der Waals surface area contributed by atoms with Crippen LogP contribution in [-0.4, -0.2) is 15.9 Å². The number of phenolic OH excluding ortho intramolecular Hbond substituents is 1. The third-order valence-corrected chi connectivity index (χ3v) is 4.03. The van der Waals surface area contributed by atoms with Gasteiger partial charge in [-0.2, -0.15) is 13.2 Å². The Bertz CT molecular complexity index is 903. The number of alkyl halides is 3. The van der Waals surface area contributed by atoms with Gasteiger partial charge >= 0.3 is 6.18 Å². The first-order valence-corrected chi connectivity index (χ1v) is 8.10. The average molecular weight is 375 g/mol. The monoisotopic (exact) mass is 375 g/mol. The Morgan fingerprint density at radius 1 is 0.963 bits per heavy atom. The molecular formula is C20H16F3NO3. The number of aromatic hydroxyl groups is 1. The summed E-state index contributed by atoms with van der Waals surface area (Å²) in [7, 11) is 0. The Morgan fingerprint density at radius 3 is 2.26 bits per heavy atom. The maximum absolute atomic E-state index is 12.9. The van der Waals surface area contributed by atoms with Crippen LogP contribution in [0.1, 0.15) is 27.2 Å². The van der Waals surface area contributed by atoms with Crippen molar-refractivity contribution in [3.05, 3.63) is 89.4 Å². The molecule has 3 rings (SSSR count). The molecule has 4 nitrogen and oxygen atoms in total. The van der Waals surface area contributed by atoms with Crippen LogP contribution in [0.15, 0.2) is 71.3 Å². The van der Waals surface area contributed by atoms with Crippen molar-refractivity contribution in [1.29, 1.82) is 0 Å². The van der Waals surface area contributed by atoms with Crippen LogP contribution in [0.3, 0.4) is 0 Å². The van der Waals surface area contributed by atoms with Gasteiger partial charge in [0, 0.05) is 11.1 Å². The molecule has 0 saturated heterocycles. The minimum absolute atomic E-state index is 0.0298. The number of halogens is 3. The molecule has 0 fully saturated rings. The molecule has 1 heterocycles. The van der Waals surface area contributed by atoms with Crippen LogP contribution in [0.2, 0.25) is 0 Å². The van der Waals surface area contributed by atoms with E-state index in [4.69, 9.17) is 4.42 Å². The lowest BCUT2D eigenvalue weighted by molar-refractivity contribution is -0.137. The number of nitrogens with zero attached hydrogens (tertiary/aromatic N) is 1. The van der Waals surface area contributed by atoms with Crippen molar-refractivity contribution in [2.75, 3.05) is 0 Å². The fourth-order valence-corrected chi connectivity index (χ4v) is 2.62. The number of carbonyl (C=O) groups is 1. The molecule has 27 heavy (non-hydrogen) atoms. The molecular weight excluding hydrogens is 359 g/mol. The second-order valence-corrected chi connectivity index (χ2v) is 5.94. The first kappa shape index (κ1) is 18.6. The van der Waals surface area contributed by atoms with E-state index in [1.807, 2.05) is 0 Å². The van der Waals surface area contributed by atoms with Gasteiger partial charge in [-0.15, -0.1) is 0 Å². The molecule has 0 aliphatic heterocycles. The van der Waals surface area contributed by atoms with E-state index < -0.39 is 17.6 Å². The fraction of sp³-hybridized carbons (Fsp3) is 0.150. The molecule has 0 radical (unpaired) electrons. The Balaban J connectivity index is 1.87. The van der Waals surface area contributed by atoms with E-state index in [9.17, 15) is 23.1 Å². The van der Waals surface area contributed by atoms with Gasteiger partial charge in [0.15, 0.2) is 0 Å². The number of para-hydroxylation sites is 1. The van der Waals surface area contributed by atoms with Gasteiger partial charge in [-0.3, -0.25) is 4.79 Å². The number of phenols is 1. The van der Waals surface area contributed by atoms with E-state index in [1.165, 1.54) is 17.2 Å². The predicted octanol–water partition coefficient (Wildman–Crippen LogP) is 4.85. The highest BCUT2D eigenvalue weighted by atomic mass is 19.4. The minimum Gasteiger partial charge on any atom is -0.508 e. The minimum atomic E-state index is -4.47. The zero-order valence-corrected chi connectivity index (χ0v) is 14.1. The molecule has 1 N–H and O–H groups in total. The molecule has 1 aromatic heterocycles. The van der Waals surface area contributed by atoms with Gasteiger partial charge in [-0.25, -0.2) is 0 Å². The first-order valence-electron chi connectivity index (χ1n) is 8.10. The highest BCUT2D eigenvalue weighted by molar-refractivity contribution is 5.94. The molecule has 1 amide bonds. The normalized spacial score (nSPS) is 11.4. The highest BCUT2D eigenvalue weighted by Gasteiger charge is 2.30. The van der Waals surface area contributed by atoms with E-state index >= 15 is 0 Å². The Kier molecular flexibility index (Phi) is 5.21. The van der Waals surface area contributed by atoms with Gasteiger partial charge in [0.2, 0.25) is 0 Å². The van der Waals surface area contributed by atoms with Crippen LogP contribution in [-0.2, 0) is 19.3 Å². The van der Waals surface area contributed by atoms with Gasteiger partial charge in [-0.1, -0.05) is 18.2 Å². The van der Waals surface area contributed by atoms with Crippen LogP contribution in [0, 0.1) is 0 Å². The van der Waals surface area contributed by atoms with Crippen LogP contribution in [0.5, 0.6) is 5.75 Å². The van der Waals surface area contributed by atoms with Gasteiger partial charge < -0.3 is 14.4 Å². The summed E-state index contributed by atoms with van der Waals surface area (Å²) in [5.74, 6) is 0.0798. The van der Waals surface area contributed by atoms with Crippen LogP contribution < -0.4 is 0 Å². The second kappa shape index (κ2) is 7.57. The van der Waals surface area contributed by atoms with Gasteiger partial charge in [-0.05, 0) is 42.5 Å². The van der Waals surface area contributed by atoms with Crippen LogP contribution in [0.4, 0.5) is 13.2 Å². The third kappa shape index (κ3) is 4.49. The number of rotatable bonds is 5. The topological polar surface area (TPSA) is 53.7 Å². The van der Waals surface area contributed by atoms with Crippen LogP contribution in [0.25, 0.3) is 0 Å². The molecule has 0 spiro atoms. The molecule has 140 valence electrons. The zero-order chi connectivity index (χ0) is 19.4. The number of hydrogen-bond acceptors (Lipinski definition) is 3. The lowest BCUT2D eigenvalue weighted by atomic mass is 10.1. The number of benzene rings is 2. The molecule has 0 bridgehead atoms. The first-order chi connectivity index (χ1) is 12.8. The Morgan fingerprint density at radius 2 is 1.67 bits per heavy atom. The molecule has 7 heteroatoms. The molecule has 0 unspecified atom stereocenters. The number of amides is 1. The van der Waals surface area contributed by atoms with Crippen molar-refractivity contribution < 1.29 is 27.5 Å². The Labute approximate surface area is 153 Å². The van der Waals surface area contributed by atoms with E-state index in [0.29, 0.717) is 11.3 Å². The van der Waals surface area contributed by atoms with Crippen molar-refractivity contribution in [2.24, 2.45) is 0 Å². The molecule has 0 aliphatic rings. The highest BCUT2D eigenvalue weighted by Crippen LogP contribution is 2.29. The average Bonchev–Trinajstić information content (AvgIpc) is 3.15. The number of furan rings is 1. The summed E-state index contributed by atoms with van der Waals surface area (Å²) in [6.45, 7) is 0.189. The lowest BCUT2D eigenvalue weighted by Gasteiger charge is -2.22. The van der Waals surface area contributed by atoms with E-state index in [2.05, 4.69) is 0 Å². The van der Waals surface area contributed by atoms with Crippen molar-refractivity contribution in [2.45, 2.75) is 19.3 Å². The fourth-order valence-electron chi connectivity index (χ4n) is 2.62. The van der Waals surface area contributed by atoms with E-state index in [-0.39, 0.29) is 24.4 Å². The summed E-state index contributed by atoms with van der Waals surface area (Å²) in [4.78, 5) is 14.3. The predicted molar refractivity (Wildman–Crippen MR) is 91.8 cm³/mol. The third-order valence-electron chi connectivity index (χ3n) is 4.03. The summed E-state index contributed by atoms with van der Waals surface area (Å²) < 4.78 is 43.5. The summed E-state index contributed by atoms with van der Waals surface area (Å²) >= 11 is 0. The summed E-state index contributed by atoms with van der Waals surface area (Å²) in [5.41, 5.74) is -0.188. The van der Waals surface area contributed by atoms with Crippen molar-refractivity contribution in [1.82, 2.24) is 4.90 Å². The lowest BCUT2D eigenvalue weighted by Crippen LogP contribution is -2.30. The Hall–Kier alpha value is -3.22. The van der Waals surface area contributed by atoms with Crippen molar-refractivity contribution >= 4 is 5.91 Å². The molecule has 0 aliphatic carbocycles. The summed E-state index contributed by atoms with van der Waals surface area (Å²) in [5, 5.41) is 9.98. The SMILES string of the molecule is O=C(c1ccc(C(F)(F)F)cc1)N(Cc1ccco1)Cc1ccccc1O. The van der Waals surface area contributed by atoms with E-state index in [0.717, 1.165) is 24.3 Å². The molecule has 0 saturated carbocycles. The molecule has 2 aromatic carbocycles. The van der Waals surface area contributed by atoms with Crippen molar-refractivity contribution in [3.63, 3.8) is 0 Å². The van der Waals surface area contributed by atoms with Gasteiger partial charge in [0.05, 0.1) is 24.9 Å². The quantitative estimate of drug-likeness (QED) is 0.694. The number of carbonyl (C=O) groups excluding carboxylic acids is 1. The largest absolute Gasteiger partial charge is 0.508 e. The molecule has 0 atom stereocenters. The number of hydrogen-bond donors (Lipinski definition) is 1. The van der Waals surface area contributed by atoms with Crippen molar-refractivity contribution in [3.8, 4) is 5.75 Å². The van der Waals surface area contributed by atoms with Gasteiger partial charge in [0.25, 0.3) is 5.91 Å². The van der Waals surface area contributed by atoms with Gasteiger partial charge in [0.1, 0.15) is 11.5 Å². The van der Waals surface area contributed by atoms with E-state index in [1.54, 1.807) is 30.3 Å². The second-order valence-electron chi connectivity index (χ2n) is 5.94. The van der Waals surface area contributed by atoms with Crippen LogP contribution >= 0.6 is 0 Å². The molecule has 3 aromatic rings. The standard InChI is InChI=1S/C20H16F3NO3/c21-20(22,23)16-9-7-14(8-10-16)19(26)24(13-17-5-3-11-27-17)12-15-4-1-2-6-18(15)25/h1-11,25H,12-13H2. The maximum Gasteiger partial charge on any atom is 0.416 e. The zero-order valence-electron chi connectivity index (χ0n) is 14.1. The summed E-state index contributed by atoms with van der Waals surface area (Å²) in [6.07, 6.45) is -3.00. The summed E-state index contributed by atoms with van der Waals surface area (Å²) in [6, 6.07) is 14.0. The maximum atomic E-state index is 12.9.